The van der Waals surface area contributed by atoms with Gasteiger partial charge in [0.05, 0.1) is 0 Å². The molecule has 23 heavy (non-hydrogen) atoms. The fourth-order valence-electron chi connectivity index (χ4n) is 2.79. The normalized spacial score (nSPS) is 18.5. The maximum Gasteiger partial charge on any atom is 0.410 e. The van der Waals surface area contributed by atoms with Gasteiger partial charge >= 0.3 is 12.1 Å². The highest BCUT2D eigenvalue weighted by Crippen LogP contribution is 2.27. The number of carbonyl (C=O) groups is 2. The van der Waals surface area contributed by atoms with Crippen molar-refractivity contribution in [3.05, 3.63) is 0 Å². The molecule has 6 heteroatoms. The summed E-state index contributed by atoms with van der Waals surface area (Å²) < 4.78 is 5.33. The van der Waals surface area contributed by atoms with Crippen molar-refractivity contribution in [2.45, 2.75) is 65.5 Å². The molecule has 1 fully saturated rings. The van der Waals surface area contributed by atoms with Gasteiger partial charge in [-0.3, -0.25) is 0 Å². The summed E-state index contributed by atoms with van der Waals surface area (Å²) >= 11 is 0. The molecule has 0 saturated carbocycles. The first-order valence-corrected chi connectivity index (χ1v) is 8.42. The van der Waals surface area contributed by atoms with E-state index in [1.54, 1.807) is 11.9 Å². The average molecular weight is 327 g/mol. The number of nitrogens with one attached hydrogen (secondary N) is 1. The summed E-state index contributed by atoms with van der Waals surface area (Å²) in [6, 6.07) is -0.0146. The molecular formula is C17H33N3O3. The summed E-state index contributed by atoms with van der Waals surface area (Å²) in [5.74, 6) is 0.155. The fraction of sp³-hybridized carbons (Fsp3) is 0.882. The number of hydrogen-bond acceptors (Lipinski definition) is 3. The molecule has 0 aliphatic carbocycles. The van der Waals surface area contributed by atoms with E-state index in [-0.39, 0.29) is 23.6 Å². The molecule has 0 aromatic carbocycles. The second kappa shape index (κ2) is 7.41. The van der Waals surface area contributed by atoms with E-state index in [9.17, 15) is 9.59 Å². The molecule has 1 atom stereocenters. The number of rotatable bonds is 4. The Bertz CT molecular complexity index is 429. The van der Waals surface area contributed by atoms with Crippen molar-refractivity contribution >= 4 is 12.1 Å². The van der Waals surface area contributed by atoms with E-state index >= 15 is 0 Å². The molecule has 1 aliphatic rings. The van der Waals surface area contributed by atoms with Crippen molar-refractivity contribution in [3.63, 3.8) is 0 Å². The molecule has 3 amide bonds. The van der Waals surface area contributed by atoms with Gasteiger partial charge < -0.3 is 19.9 Å². The zero-order valence-electron chi connectivity index (χ0n) is 15.7. The Kier molecular flexibility index (Phi) is 6.31. The first-order chi connectivity index (χ1) is 10.4. The molecule has 1 heterocycles. The topological polar surface area (TPSA) is 61.9 Å². The van der Waals surface area contributed by atoms with Gasteiger partial charge in [-0.2, -0.15) is 0 Å². The van der Waals surface area contributed by atoms with Gasteiger partial charge in [-0.1, -0.05) is 6.92 Å². The molecular weight excluding hydrogens is 294 g/mol. The van der Waals surface area contributed by atoms with E-state index in [4.69, 9.17) is 4.74 Å². The van der Waals surface area contributed by atoms with E-state index in [2.05, 4.69) is 19.2 Å². The summed E-state index contributed by atoms with van der Waals surface area (Å²) in [4.78, 5) is 27.7. The Morgan fingerprint density at radius 1 is 1.35 bits per heavy atom. The van der Waals surface area contributed by atoms with Gasteiger partial charge in [0.15, 0.2) is 0 Å². The quantitative estimate of drug-likeness (QED) is 0.863. The Hall–Kier alpha value is -1.46. The lowest BCUT2D eigenvalue weighted by Crippen LogP contribution is -2.49. The maximum atomic E-state index is 12.3. The van der Waals surface area contributed by atoms with Crippen LogP contribution in [-0.4, -0.2) is 59.7 Å². The highest BCUT2D eigenvalue weighted by Gasteiger charge is 2.35. The van der Waals surface area contributed by atoms with Crippen molar-refractivity contribution in [2.75, 3.05) is 26.7 Å². The number of nitrogens with zero attached hydrogens (tertiary/aromatic N) is 2. The maximum absolute atomic E-state index is 12.3. The summed E-state index contributed by atoms with van der Waals surface area (Å²) in [5.41, 5.74) is -0.565. The summed E-state index contributed by atoms with van der Waals surface area (Å²) in [7, 11) is 1.72. The number of hydrogen-bond donors (Lipinski definition) is 1. The lowest BCUT2D eigenvalue weighted by atomic mass is 10.0. The van der Waals surface area contributed by atoms with Gasteiger partial charge in [-0.25, -0.2) is 9.59 Å². The van der Waals surface area contributed by atoms with Crippen LogP contribution >= 0.6 is 0 Å². The van der Waals surface area contributed by atoms with Gasteiger partial charge in [0.2, 0.25) is 0 Å². The van der Waals surface area contributed by atoms with E-state index in [0.717, 1.165) is 19.4 Å². The molecule has 134 valence electrons. The fourth-order valence-corrected chi connectivity index (χ4v) is 2.79. The smallest absolute Gasteiger partial charge is 0.410 e. The second-order valence-corrected chi connectivity index (χ2v) is 8.22. The van der Waals surface area contributed by atoms with Gasteiger partial charge in [0, 0.05) is 32.2 Å². The molecule has 6 nitrogen and oxygen atoms in total. The predicted octanol–water partition coefficient (Wildman–Crippen LogP) is 3.07. The van der Waals surface area contributed by atoms with Gasteiger partial charge in [0.1, 0.15) is 5.60 Å². The van der Waals surface area contributed by atoms with Crippen LogP contribution in [0.3, 0.4) is 0 Å². The van der Waals surface area contributed by atoms with Crippen LogP contribution in [0.15, 0.2) is 0 Å². The predicted molar refractivity (Wildman–Crippen MR) is 91.4 cm³/mol. The van der Waals surface area contributed by atoms with Crippen molar-refractivity contribution < 1.29 is 14.3 Å². The molecule has 1 N–H and O–H groups in total. The third kappa shape index (κ3) is 6.28. The third-order valence-corrected chi connectivity index (χ3v) is 4.04. The van der Waals surface area contributed by atoms with Gasteiger partial charge in [0.25, 0.3) is 0 Å². The minimum Gasteiger partial charge on any atom is -0.444 e. The number of amides is 3. The minimum absolute atomic E-state index is 0.0146. The first kappa shape index (κ1) is 19.6. The highest BCUT2D eigenvalue weighted by molar-refractivity contribution is 5.75. The lowest BCUT2D eigenvalue weighted by Gasteiger charge is -2.32. The zero-order valence-corrected chi connectivity index (χ0v) is 15.7. The van der Waals surface area contributed by atoms with Crippen molar-refractivity contribution in [2.24, 2.45) is 5.92 Å². The van der Waals surface area contributed by atoms with Crippen LogP contribution in [0.2, 0.25) is 0 Å². The summed E-state index contributed by atoms with van der Waals surface area (Å²) in [5, 5.41) is 2.98. The van der Waals surface area contributed by atoms with Gasteiger partial charge in [-0.15, -0.1) is 0 Å². The SMILES string of the molecule is C[C@H](CNC(=O)N1CCCC1(C)C)CN(C)C(=O)OC(C)(C)C. The Balaban J connectivity index is 2.38. The number of ether oxygens (including phenoxy) is 1. The van der Waals surface area contributed by atoms with Crippen molar-refractivity contribution in [3.8, 4) is 0 Å². The zero-order chi connectivity index (χ0) is 17.8. The van der Waals surface area contributed by atoms with Crippen LogP contribution < -0.4 is 5.32 Å². The van der Waals surface area contributed by atoms with E-state index in [0.29, 0.717) is 13.1 Å². The molecule has 0 bridgehead atoms. The van der Waals surface area contributed by atoms with E-state index < -0.39 is 5.60 Å². The highest BCUT2D eigenvalue weighted by atomic mass is 16.6. The van der Waals surface area contributed by atoms with Gasteiger partial charge in [-0.05, 0) is 53.4 Å². The average Bonchev–Trinajstić information content (AvgIpc) is 2.73. The monoisotopic (exact) mass is 327 g/mol. The first-order valence-electron chi connectivity index (χ1n) is 8.42. The largest absolute Gasteiger partial charge is 0.444 e. The van der Waals surface area contributed by atoms with Crippen LogP contribution in [0, 0.1) is 5.92 Å². The van der Waals surface area contributed by atoms with Crippen LogP contribution in [-0.2, 0) is 4.74 Å². The molecule has 0 aromatic heterocycles. The minimum atomic E-state index is -0.496. The van der Waals surface area contributed by atoms with E-state index in [1.165, 1.54) is 0 Å². The van der Waals surface area contributed by atoms with Crippen LogP contribution in [0.4, 0.5) is 9.59 Å². The molecule has 0 aromatic rings. The summed E-state index contributed by atoms with van der Waals surface area (Å²) in [6.45, 7) is 13.6. The Morgan fingerprint density at radius 3 is 2.43 bits per heavy atom. The standard InChI is InChI=1S/C17H33N3O3/c1-13(12-19(7)15(22)23-16(2,3)4)11-18-14(21)20-10-8-9-17(20,5)6/h13H,8-12H2,1-7H3,(H,18,21)/t13-/m1/s1. The lowest BCUT2D eigenvalue weighted by molar-refractivity contribution is 0.0277. The Morgan fingerprint density at radius 2 is 1.96 bits per heavy atom. The molecule has 1 saturated heterocycles. The number of urea groups is 1. The second-order valence-electron chi connectivity index (χ2n) is 8.22. The number of carbonyl (C=O) groups excluding carboxylic acids is 2. The molecule has 0 spiro atoms. The molecule has 1 aliphatic heterocycles. The van der Waals surface area contributed by atoms with Crippen molar-refractivity contribution in [1.29, 1.82) is 0 Å². The van der Waals surface area contributed by atoms with Crippen molar-refractivity contribution in [1.82, 2.24) is 15.1 Å². The molecule has 1 rings (SSSR count). The third-order valence-electron chi connectivity index (χ3n) is 4.04. The van der Waals surface area contributed by atoms with Crippen LogP contribution in [0.25, 0.3) is 0 Å². The molecule has 0 unspecified atom stereocenters. The number of likely N-dealkylation sites (tertiary alicyclic amines) is 1. The van der Waals surface area contributed by atoms with E-state index in [1.807, 2.05) is 32.6 Å². The summed E-state index contributed by atoms with van der Waals surface area (Å²) in [6.07, 6.45) is 1.76. The van der Waals surface area contributed by atoms with Crippen LogP contribution in [0.5, 0.6) is 0 Å². The van der Waals surface area contributed by atoms with Crippen LogP contribution in [0.1, 0.15) is 54.4 Å². The molecule has 0 radical (unpaired) electrons. The Labute approximate surface area is 140 Å².